The molecule has 4 atom stereocenters. The predicted molar refractivity (Wildman–Crippen MR) is 80.3 cm³/mol. The molecule has 1 heterocycles. The lowest BCUT2D eigenvalue weighted by atomic mass is 10.1. The third-order valence-corrected chi connectivity index (χ3v) is 4.80. The quantitative estimate of drug-likeness (QED) is 0.926. The lowest BCUT2D eigenvalue weighted by molar-refractivity contribution is -0.147. The summed E-state index contributed by atoms with van der Waals surface area (Å²) in [5.41, 5.74) is 0.446. The van der Waals surface area contributed by atoms with Crippen LogP contribution in [0.3, 0.4) is 0 Å². The fraction of sp³-hybridized carbons (Fsp3) is 0.562. The van der Waals surface area contributed by atoms with Crippen LogP contribution in [-0.4, -0.2) is 47.8 Å². The molecule has 0 spiro atoms. The highest BCUT2D eigenvalue weighted by atomic mass is 35.5. The van der Waals surface area contributed by atoms with Crippen molar-refractivity contribution >= 4 is 17.5 Å². The molecule has 2 aliphatic rings. The minimum atomic E-state index is -0.351. The van der Waals surface area contributed by atoms with Gasteiger partial charge in [0, 0.05) is 29.0 Å². The minimum absolute atomic E-state index is 0.00132. The Labute approximate surface area is 133 Å². The molecule has 4 nitrogen and oxygen atoms in total. The van der Waals surface area contributed by atoms with E-state index in [4.69, 9.17) is 16.3 Å². The summed E-state index contributed by atoms with van der Waals surface area (Å²) in [6.45, 7) is 2.60. The number of nitrogens with zero attached hydrogens (tertiary/aromatic N) is 1. The molecular weight excluding hydrogens is 309 g/mol. The van der Waals surface area contributed by atoms with E-state index >= 15 is 0 Å². The van der Waals surface area contributed by atoms with Gasteiger partial charge in [0.1, 0.15) is 5.82 Å². The topological polar surface area (TPSA) is 49.8 Å². The van der Waals surface area contributed by atoms with Gasteiger partial charge in [0.15, 0.2) is 0 Å². The van der Waals surface area contributed by atoms with Gasteiger partial charge >= 0.3 is 0 Å². The van der Waals surface area contributed by atoms with Crippen molar-refractivity contribution in [1.82, 2.24) is 4.90 Å². The molecular formula is C16H19ClFNO3. The number of morpholine rings is 1. The second kappa shape index (κ2) is 6.14. The Bertz CT molecular complexity index is 562. The van der Waals surface area contributed by atoms with E-state index in [0.717, 1.165) is 0 Å². The zero-order valence-corrected chi connectivity index (χ0v) is 13.1. The van der Waals surface area contributed by atoms with Crippen LogP contribution < -0.4 is 0 Å². The highest BCUT2D eigenvalue weighted by molar-refractivity contribution is 6.31. The van der Waals surface area contributed by atoms with Crippen molar-refractivity contribution in [3.05, 3.63) is 34.6 Å². The van der Waals surface area contributed by atoms with E-state index in [-0.39, 0.29) is 42.3 Å². The molecule has 120 valence electrons. The van der Waals surface area contributed by atoms with Crippen molar-refractivity contribution in [2.24, 2.45) is 5.92 Å². The first-order valence-corrected chi connectivity index (χ1v) is 7.87. The highest BCUT2D eigenvalue weighted by Gasteiger charge is 2.49. The van der Waals surface area contributed by atoms with Crippen LogP contribution in [0.25, 0.3) is 0 Å². The zero-order chi connectivity index (χ0) is 15.9. The first-order chi connectivity index (χ1) is 10.5. The lowest BCUT2D eigenvalue weighted by Crippen LogP contribution is -2.52. The first-order valence-electron chi connectivity index (χ1n) is 7.49. The van der Waals surface area contributed by atoms with Crippen molar-refractivity contribution in [3.8, 4) is 0 Å². The van der Waals surface area contributed by atoms with E-state index in [1.807, 2.05) is 6.92 Å². The largest absolute Gasteiger partial charge is 0.394 e. The Morgan fingerprint density at radius 3 is 3.00 bits per heavy atom. The summed E-state index contributed by atoms with van der Waals surface area (Å²) in [5, 5.41) is 9.58. The van der Waals surface area contributed by atoms with Crippen LogP contribution in [0.1, 0.15) is 24.8 Å². The van der Waals surface area contributed by atoms with Crippen LogP contribution in [-0.2, 0) is 9.53 Å². The van der Waals surface area contributed by atoms with Crippen molar-refractivity contribution < 1.29 is 19.0 Å². The number of ether oxygens (including phenoxy) is 1. The number of benzene rings is 1. The number of rotatable bonds is 3. The molecule has 2 fully saturated rings. The maximum atomic E-state index is 14.0. The van der Waals surface area contributed by atoms with Gasteiger partial charge < -0.3 is 14.7 Å². The van der Waals surface area contributed by atoms with Gasteiger partial charge in [-0.15, -0.1) is 0 Å². The van der Waals surface area contributed by atoms with E-state index < -0.39 is 0 Å². The normalized spacial score (nSPS) is 31.2. The summed E-state index contributed by atoms with van der Waals surface area (Å²) in [7, 11) is 0. The molecule has 1 aliphatic carbocycles. The van der Waals surface area contributed by atoms with Gasteiger partial charge in [-0.2, -0.15) is 0 Å². The van der Waals surface area contributed by atoms with Gasteiger partial charge in [-0.3, -0.25) is 4.79 Å². The van der Waals surface area contributed by atoms with E-state index in [9.17, 15) is 14.3 Å². The Balaban J connectivity index is 1.72. The number of carbonyl (C=O) groups excluding carboxylic acids is 1. The molecule has 22 heavy (non-hydrogen) atoms. The Hall–Kier alpha value is -1.17. The number of aliphatic hydroxyl groups excluding tert-OH is 1. The van der Waals surface area contributed by atoms with Crippen LogP contribution in [0.4, 0.5) is 4.39 Å². The van der Waals surface area contributed by atoms with Crippen molar-refractivity contribution in [1.29, 1.82) is 0 Å². The summed E-state index contributed by atoms with van der Waals surface area (Å²) in [4.78, 5) is 14.4. The van der Waals surface area contributed by atoms with Gasteiger partial charge in [-0.05, 0) is 25.5 Å². The third-order valence-electron chi connectivity index (χ3n) is 4.47. The van der Waals surface area contributed by atoms with E-state index in [1.54, 1.807) is 17.0 Å². The Morgan fingerprint density at radius 2 is 2.32 bits per heavy atom. The number of hydrogen-bond acceptors (Lipinski definition) is 3. The fourth-order valence-electron chi connectivity index (χ4n) is 3.10. The lowest BCUT2D eigenvalue weighted by Gasteiger charge is -2.37. The monoisotopic (exact) mass is 327 g/mol. The van der Waals surface area contributed by atoms with Crippen molar-refractivity contribution in [2.75, 3.05) is 19.8 Å². The second-order valence-corrected chi connectivity index (χ2v) is 6.47. The molecule has 0 radical (unpaired) electrons. The SMILES string of the molecule is CC1COC(CO)CN1C(=O)C1CC1c1c(F)cccc1Cl. The smallest absolute Gasteiger partial charge is 0.226 e. The number of halogens is 2. The zero-order valence-electron chi connectivity index (χ0n) is 12.3. The molecule has 6 heteroatoms. The standard InChI is InChI=1S/C16H19ClFNO3/c1-9-8-22-10(7-20)6-19(9)16(21)12-5-11(12)15-13(17)3-2-4-14(15)18/h2-4,9-12,20H,5-8H2,1H3. The number of hydrogen-bond donors (Lipinski definition) is 1. The molecule has 0 aromatic heterocycles. The molecule has 0 bridgehead atoms. The second-order valence-electron chi connectivity index (χ2n) is 6.06. The third kappa shape index (κ3) is 2.85. The Morgan fingerprint density at radius 1 is 1.55 bits per heavy atom. The first kappa shape index (κ1) is 15.7. The molecule has 3 rings (SSSR count). The molecule has 1 N–H and O–H groups in total. The Kier molecular flexibility index (Phi) is 4.39. The fourth-order valence-corrected chi connectivity index (χ4v) is 3.40. The number of carbonyl (C=O) groups is 1. The molecule has 1 saturated carbocycles. The van der Waals surface area contributed by atoms with E-state index in [1.165, 1.54) is 6.07 Å². The van der Waals surface area contributed by atoms with Gasteiger partial charge in [-0.25, -0.2) is 4.39 Å². The van der Waals surface area contributed by atoms with Gasteiger partial charge in [0.05, 0.1) is 25.4 Å². The predicted octanol–water partition coefficient (Wildman–Crippen LogP) is 2.19. The highest BCUT2D eigenvalue weighted by Crippen LogP contribution is 2.51. The van der Waals surface area contributed by atoms with Gasteiger partial charge in [0.25, 0.3) is 0 Å². The number of amides is 1. The average Bonchev–Trinajstić information content (AvgIpc) is 3.27. The van der Waals surface area contributed by atoms with Gasteiger partial charge in [-0.1, -0.05) is 17.7 Å². The average molecular weight is 328 g/mol. The van der Waals surface area contributed by atoms with Crippen LogP contribution in [0, 0.1) is 11.7 Å². The summed E-state index contributed by atoms with van der Waals surface area (Å²) in [6, 6.07) is 4.56. The molecule has 1 saturated heterocycles. The molecule has 1 aliphatic heterocycles. The molecule has 4 unspecified atom stereocenters. The van der Waals surface area contributed by atoms with Gasteiger partial charge in [0.2, 0.25) is 5.91 Å². The maximum Gasteiger partial charge on any atom is 0.226 e. The molecule has 1 amide bonds. The van der Waals surface area contributed by atoms with Crippen LogP contribution in [0.5, 0.6) is 0 Å². The molecule has 1 aromatic carbocycles. The van der Waals surface area contributed by atoms with Crippen molar-refractivity contribution in [3.63, 3.8) is 0 Å². The summed E-state index contributed by atoms with van der Waals surface area (Å²) < 4.78 is 19.4. The van der Waals surface area contributed by atoms with Crippen LogP contribution >= 0.6 is 11.6 Å². The number of aliphatic hydroxyl groups is 1. The summed E-state index contributed by atoms with van der Waals surface area (Å²) >= 11 is 6.08. The van der Waals surface area contributed by atoms with E-state index in [0.29, 0.717) is 30.2 Å². The van der Waals surface area contributed by atoms with Crippen molar-refractivity contribution in [2.45, 2.75) is 31.4 Å². The van der Waals surface area contributed by atoms with E-state index in [2.05, 4.69) is 0 Å². The van der Waals surface area contributed by atoms with Crippen LogP contribution in [0.2, 0.25) is 5.02 Å². The van der Waals surface area contributed by atoms with Crippen LogP contribution in [0.15, 0.2) is 18.2 Å². The summed E-state index contributed by atoms with van der Waals surface area (Å²) in [6.07, 6.45) is 0.280. The maximum absolute atomic E-state index is 14.0. The molecule has 1 aromatic rings. The summed E-state index contributed by atoms with van der Waals surface area (Å²) in [5.74, 6) is -0.729. The minimum Gasteiger partial charge on any atom is -0.394 e.